The summed E-state index contributed by atoms with van der Waals surface area (Å²) in [6, 6.07) is 9.01. The molecule has 90 valence electrons. The molecule has 0 fully saturated rings. The molecule has 0 amide bonds. The van der Waals surface area contributed by atoms with Crippen LogP contribution in [0.1, 0.15) is 12.7 Å². The number of primary sulfonamides is 1. The molecule has 0 aliphatic rings. The maximum Gasteiger partial charge on any atom is 0.274 e. The molecule has 6 nitrogen and oxygen atoms in total. The third-order valence-corrected chi connectivity index (χ3v) is 3.06. The van der Waals surface area contributed by atoms with Crippen LogP contribution >= 0.6 is 0 Å². The Morgan fingerprint density at radius 3 is 2.41 bits per heavy atom. The Kier molecular flexibility index (Phi) is 2.95. The summed E-state index contributed by atoms with van der Waals surface area (Å²) in [5, 5.41) is 12.3. The molecular weight excluding hydrogens is 240 g/mol. The summed E-state index contributed by atoms with van der Waals surface area (Å²) in [5.74, 6) is 0.556. The van der Waals surface area contributed by atoms with E-state index in [-0.39, 0.29) is 5.16 Å². The molecule has 1 aromatic heterocycles. The lowest BCUT2D eigenvalue weighted by Crippen LogP contribution is -2.18. The van der Waals surface area contributed by atoms with Gasteiger partial charge in [0.1, 0.15) is 5.82 Å². The van der Waals surface area contributed by atoms with E-state index in [9.17, 15) is 8.42 Å². The Morgan fingerprint density at radius 1 is 1.24 bits per heavy atom. The molecule has 1 heterocycles. The highest BCUT2D eigenvalue weighted by Crippen LogP contribution is 2.15. The molecule has 2 N–H and O–H groups in total. The molecule has 7 heteroatoms. The van der Waals surface area contributed by atoms with Crippen molar-refractivity contribution in [1.82, 2.24) is 14.8 Å². The van der Waals surface area contributed by atoms with E-state index < -0.39 is 10.0 Å². The SMILES string of the molecule is CCc1nnc(S(N)(=O)=O)n1-c1ccccc1. The van der Waals surface area contributed by atoms with E-state index in [1.54, 1.807) is 12.1 Å². The molecule has 0 aliphatic heterocycles. The topological polar surface area (TPSA) is 90.9 Å². The molecule has 0 bridgehead atoms. The van der Waals surface area contributed by atoms with Crippen molar-refractivity contribution in [2.24, 2.45) is 5.14 Å². The number of hydrogen-bond acceptors (Lipinski definition) is 4. The number of nitrogens with zero attached hydrogens (tertiary/aromatic N) is 3. The zero-order chi connectivity index (χ0) is 12.5. The fourth-order valence-electron chi connectivity index (χ4n) is 1.55. The van der Waals surface area contributed by atoms with E-state index in [0.717, 1.165) is 0 Å². The van der Waals surface area contributed by atoms with Gasteiger partial charge >= 0.3 is 0 Å². The van der Waals surface area contributed by atoms with E-state index in [4.69, 9.17) is 5.14 Å². The number of nitrogens with two attached hydrogens (primary N) is 1. The van der Waals surface area contributed by atoms with Crippen molar-refractivity contribution in [2.75, 3.05) is 0 Å². The van der Waals surface area contributed by atoms with Crippen LogP contribution in [0.15, 0.2) is 35.5 Å². The van der Waals surface area contributed by atoms with Crippen molar-refractivity contribution < 1.29 is 8.42 Å². The highest BCUT2D eigenvalue weighted by molar-refractivity contribution is 7.89. The largest absolute Gasteiger partial charge is 0.274 e. The Labute approximate surface area is 99.1 Å². The fourth-order valence-corrected chi connectivity index (χ4v) is 2.17. The highest BCUT2D eigenvalue weighted by Gasteiger charge is 2.21. The number of aryl methyl sites for hydroxylation is 1. The summed E-state index contributed by atoms with van der Waals surface area (Å²) >= 11 is 0. The van der Waals surface area contributed by atoms with Gasteiger partial charge in [0.05, 0.1) is 0 Å². The summed E-state index contributed by atoms with van der Waals surface area (Å²) < 4.78 is 24.3. The molecule has 0 saturated carbocycles. The third-order valence-electron chi connectivity index (χ3n) is 2.29. The number of hydrogen-bond donors (Lipinski definition) is 1. The molecule has 0 saturated heterocycles. The van der Waals surface area contributed by atoms with Gasteiger partial charge in [-0.25, -0.2) is 13.6 Å². The van der Waals surface area contributed by atoms with Crippen molar-refractivity contribution in [3.63, 3.8) is 0 Å². The van der Waals surface area contributed by atoms with Crippen LogP contribution < -0.4 is 5.14 Å². The minimum atomic E-state index is -3.88. The molecule has 2 aromatic rings. The lowest BCUT2D eigenvalue weighted by atomic mass is 10.3. The van der Waals surface area contributed by atoms with Gasteiger partial charge in [-0.15, -0.1) is 10.2 Å². The van der Waals surface area contributed by atoms with E-state index >= 15 is 0 Å². The van der Waals surface area contributed by atoms with Crippen LogP contribution in [-0.4, -0.2) is 23.2 Å². The third kappa shape index (κ3) is 2.20. The smallest absolute Gasteiger partial charge is 0.269 e. The summed E-state index contributed by atoms with van der Waals surface area (Å²) in [7, 11) is -3.88. The quantitative estimate of drug-likeness (QED) is 0.860. The van der Waals surface area contributed by atoms with Crippen LogP contribution in [0.25, 0.3) is 5.69 Å². The average Bonchev–Trinajstić information content (AvgIpc) is 2.73. The van der Waals surface area contributed by atoms with Crippen LogP contribution in [0.3, 0.4) is 0 Å². The Morgan fingerprint density at radius 2 is 1.88 bits per heavy atom. The predicted octanol–water partition coefficient (Wildman–Crippen LogP) is 0.477. The van der Waals surface area contributed by atoms with Crippen molar-refractivity contribution in [3.8, 4) is 5.69 Å². The normalized spacial score (nSPS) is 11.6. The van der Waals surface area contributed by atoms with E-state index in [2.05, 4.69) is 10.2 Å². The average molecular weight is 252 g/mol. The van der Waals surface area contributed by atoms with Crippen LogP contribution in [0.5, 0.6) is 0 Å². The van der Waals surface area contributed by atoms with Gasteiger partial charge in [0.25, 0.3) is 15.2 Å². The van der Waals surface area contributed by atoms with Gasteiger partial charge in [-0.05, 0) is 12.1 Å². The first-order chi connectivity index (χ1) is 8.04. The standard InChI is InChI=1S/C10H12N4O2S/c1-2-9-12-13-10(17(11,15)16)14(9)8-6-4-3-5-7-8/h3-7H,2H2,1H3,(H2,11,15,16). The fraction of sp³-hybridized carbons (Fsp3) is 0.200. The first kappa shape index (κ1) is 11.7. The maximum atomic E-state index is 11.4. The number of benzene rings is 1. The minimum absolute atomic E-state index is 0.236. The van der Waals surface area contributed by atoms with Gasteiger partial charge in [-0.3, -0.25) is 4.57 Å². The van der Waals surface area contributed by atoms with Crippen LogP contribution in [0.2, 0.25) is 0 Å². The van der Waals surface area contributed by atoms with Gasteiger partial charge < -0.3 is 0 Å². The number of rotatable bonds is 3. The molecule has 0 radical (unpaired) electrons. The molecule has 0 spiro atoms. The summed E-state index contributed by atoms with van der Waals surface area (Å²) in [4.78, 5) is 0. The van der Waals surface area contributed by atoms with Crippen LogP contribution in [-0.2, 0) is 16.4 Å². The number of para-hydroxylation sites is 1. The molecule has 0 atom stereocenters. The molecular formula is C10H12N4O2S. The first-order valence-corrected chi connectivity index (χ1v) is 6.61. The van der Waals surface area contributed by atoms with E-state index in [1.165, 1.54) is 4.57 Å². The predicted molar refractivity (Wildman–Crippen MR) is 62.1 cm³/mol. The zero-order valence-corrected chi connectivity index (χ0v) is 10.1. The molecule has 2 rings (SSSR count). The monoisotopic (exact) mass is 252 g/mol. The van der Waals surface area contributed by atoms with Crippen LogP contribution in [0.4, 0.5) is 0 Å². The van der Waals surface area contributed by atoms with Crippen molar-refractivity contribution in [2.45, 2.75) is 18.5 Å². The summed E-state index contributed by atoms with van der Waals surface area (Å²) in [6.45, 7) is 1.87. The minimum Gasteiger partial charge on any atom is -0.269 e. The van der Waals surface area contributed by atoms with E-state index in [0.29, 0.717) is 17.9 Å². The first-order valence-electron chi connectivity index (χ1n) is 5.06. The number of sulfonamides is 1. The second-order valence-corrected chi connectivity index (χ2v) is 4.92. The molecule has 17 heavy (non-hydrogen) atoms. The van der Waals surface area contributed by atoms with E-state index in [1.807, 2.05) is 25.1 Å². The van der Waals surface area contributed by atoms with Crippen molar-refractivity contribution in [3.05, 3.63) is 36.2 Å². The molecule has 1 aromatic carbocycles. The molecule has 0 aliphatic carbocycles. The highest BCUT2D eigenvalue weighted by atomic mass is 32.2. The molecule has 0 unspecified atom stereocenters. The van der Waals surface area contributed by atoms with Gasteiger partial charge in [0.2, 0.25) is 0 Å². The zero-order valence-electron chi connectivity index (χ0n) is 9.24. The Bertz CT molecular complexity index is 619. The second kappa shape index (κ2) is 4.27. The Balaban J connectivity index is 2.71. The van der Waals surface area contributed by atoms with Gasteiger partial charge in [-0.1, -0.05) is 25.1 Å². The van der Waals surface area contributed by atoms with Gasteiger partial charge in [-0.2, -0.15) is 0 Å². The van der Waals surface area contributed by atoms with Crippen molar-refractivity contribution in [1.29, 1.82) is 0 Å². The summed E-state index contributed by atoms with van der Waals surface area (Å²) in [5.41, 5.74) is 0.679. The maximum absolute atomic E-state index is 11.4. The van der Waals surface area contributed by atoms with Crippen LogP contribution in [0, 0.1) is 0 Å². The second-order valence-electron chi connectivity index (χ2n) is 3.47. The Hall–Kier alpha value is -1.73. The van der Waals surface area contributed by atoms with Crippen molar-refractivity contribution >= 4 is 10.0 Å². The lowest BCUT2D eigenvalue weighted by molar-refractivity contribution is 0.584. The van der Waals surface area contributed by atoms with Gasteiger partial charge in [0, 0.05) is 12.1 Å². The number of aromatic nitrogens is 3. The lowest BCUT2D eigenvalue weighted by Gasteiger charge is -2.07. The van der Waals surface area contributed by atoms with Gasteiger partial charge in [0.15, 0.2) is 0 Å². The summed E-state index contributed by atoms with van der Waals surface area (Å²) in [6.07, 6.45) is 0.567.